The summed E-state index contributed by atoms with van der Waals surface area (Å²) < 4.78 is 7.96. The van der Waals surface area contributed by atoms with Gasteiger partial charge in [0.1, 0.15) is 18.1 Å². The molecule has 1 aliphatic rings. The lowest BCUT2D eigenvalue weighted by atomic mass is 9.87. The Balaban J connectivity index is 1.58. The second-order valence-corrected chi connectivity index (χ2v) is 8.05. The molecule has 2 N–H and O–H groups in total. The standard InChI is InChI=1S/C25H22ClN3O3/c26-18-9-10-19-23-22(18)25(31)21-17(24(23)28-29(19)13-11-27-12-14-30)7-4-8-20(21)32-15-16-5-2-1-3-6-16/h1-10,27,30H,11-15H2. The maximum Gasteiger partial charge on any atom is 0.199 e. The molecule has 0 saturated heterocycles. The second-order valence-electron chi connectivity index (χ2n) is 7.64. The molecule has 7 heteroatoms. The van der Waals surface area contributed by atoms with Crippen molar-refractivity contribution in [3.8, 4) is 17.0 Å². The molecular weight excluding hydrogens is 426 g/mol. The molecule has 0 atom stereocenters. The summed E-state index contributed by atoms with van der Waals surface area (Å²) >= 11 is 6.51. The number of aromatic nitrogens is 2. The van der Waals surface area contributed by atoms with E-state index in [-0.39, 0.29) is 12.4 Å². The summed E-state index contributed by atoms with van der Waals surface area (Å²) in [4.78, 5) is 13.6. The van der Waals surface area contributed by atoms with E-state index in [1.807, 2.05) is 59.3 Å². The average molecular weight is 448 g/mol. The molecule has 0 radical (unpaired) electrons. The summed E-state index contributed by atoms with van der Waals surface area (Å²) in [6.07, 6.45) is 0. The number of ketones is 1. The summed E-state index contributed by atoms with van der Waals surface area (Å²) in [7, 11) is 0. The van der Waals surface area contributed by atoms with Gasteiger partial charge in [-0.15, -0.1) is 0 Å². The number of aliphatic hydroxyl groups is 1. The highest BCUT2D eigenvalue weighted by atomic mass is 35.5. The number of nitrogens with zero attached hydrogens (tertiary/aromatic N) is 2. The number of fused-ring (bicyclic) bond motifs is 2. The first-order valence-electron chi connectivity index (χ1n) is 10.5. The topological polar surface area (TPSA) is 76.4 Å². The number of aliphatic hydroxyl groups excluding tert-OH is 1. The summed E-state index contributed by atoms with van der Waals surface area (Å²) in [6, 6.07) is 19.1. The molecule has 0 unspecified atom stereocenters. The average Bonchev–Trinajstić information content (AvgIpc) is 3.19. The first-order valence-corrected chi connectivity index (χ1v) is 10.9. The number of carbonyl (C=O) groups excluding carboxylic acids is 1. The molecule has 6 nitrogen and oxygen atoms in total. The number of carbonyl (C=O) groups is 1. The van der Waals surface area contributed by atoms with Crippen molar-refractivity contribution in [3.63, 3.8) is 0 Å². The molecule has 4 aromatic rings. The van der Waals surface area contributed by atoms with E-state index in [0.717, 1.165) is 27.7 Å². The van der Waals surface area contributed by atoms with Crippen molar-refractivity contribution in [1.82, 2.24) is 15.1 Å². The zero-order valence-electron chi connectivity index (χ0n) is 17.3. The van der Waals surface area contributed by atoms with Gasteiger partial charge in [0.2, 0.25) is 0 Å². The van der Waals surface area contributed by atoms with Gasteiger partial charge in [-0.05, 0) is 23.8 Å². The molecule has 0 bridgehead atoms. The molecule has 0 spiro atoms. The minimum Gasteiger partial charge on any atom is -0.488 e. The number of benzene rings is 3. The summed E-state index contributed by atoms with van der Waals surface area (Å²) in [6.45, 7) is 2.21. The van der Waals surface area contributed by atoms with Gasteiger partial charge in [0.05, 0.1) is 34.8 Å². The van der Waals surface area contributed by atoms with E-state index in [9.17, 15) is 4.79 Å². The Bertz CT molecular complexity index is 1300. The van der Waals surface area contributed by atoms with Crippen LogP contribution in [0.3, 0.4) is 0 Å². The third-order valence-corrected chi connectivity index (χ3v) is 5.94. The molecule has 0 saturated carbocycles. The predicted octanol–water partition coefficient (Wildman–Crippen LogP) is 4.06. The fourth-order valence-electron chi connectivity index (χ4n) is 4.16. The van der Waals surface area contributed by atoms with Crippen LogP contribution in [0.15, 0.2) is 60.7 Å². The highest BCUT2D eigenvalue weighted by molar-refractivity contribution is 6.39. The van der Waals surface area contributed by atoms with E-state index >= 15 is 0 Å². The van der Waals surface area contributed by atoms with Crippen LogP contribution in [-0.2, 0) is 13.2 Å². The van der Waals surface area contributed by atoms with E-state index in [0.29, 0.717) is 48.1 Å². The highest BCUT2D eigenvalue weighted by Crippen LogP contribution is 2.44. The van der Waals surface area contributed by atoms with Crippen LogP contribution in [0.4, 0.5) is 0 Å². The Hall–Kier alpha value is -3.19. The van der Waals surface area contributed by atoms with Crippen LogP contribution in [-0.4, -0.2) is 40.4 Å². The lowest BCUT2D eigenvalue weighted by molar-refractivity contribution is 0.103. The highest BCUT2D eigenvalue weighted by Gasteiger charge is 2.33. The van der Waals surface area contributed by atoms with Crippen LogP contribution < -0.4 is 10.1 Å². The maximum absolute atomic E-state index is 13.6. The third kappa shape index (κ3) is 3.56. The minimum absolute atomic E-state index is 0.0818. The Morgan fingerprint density at radius 1 is 1.00 bits per heavy atom. The Kier molecular flexibility index (Phi) is 5.66. The van der Waals surface area contributed by atoms with Crippen molar-refractivity contribution in [2.24, 2.45) is 0 Å². The van der Waals surface area contributed by atoms with Gasteiger partial charge < -0.3 is 15.2 Å². The zero-order chi connectivity index (χ0) is 22.1. The van der Waals surface area contributed by atoms with Crippen LogP contribution in [0.2, 0.25) is 5.02 Å². The fraction of sp³-hybridized carbons (Fsp3) is 0.200. The van der Waals surface area contributed by atoms with E-state index in [1.165, 1.54) is 0 Å². The number of ether oxygens (including phenoxy) is 1. The lowest BCUT2D eigenvalue weighted by Crippen LogP contribution is -2.23. The van der Waals surface area contributed by atoms with Gasteiger partial charge >= 0.3 is 0 Å². The first-order chi connectivity index (χ1) is 15.7. The number of rotatable bonds is 8. The van der Waals surface area contributed by atoms with Crippen molar-refractivity contribution < 1.29 is 14.6 Å². The quantitative estimate of drug-likeness (QED) is 0.351. The molecule has 1 heterocycles. The van der Waals surface area contributed by atoms with E-state index in [1.54, 1.807) is 6.07 Å². The predicted molar refractivity (Wildman–Crippen MR) is 124 cm³/mol. The SMILES string of the molecule is O=C1c2c(OCc3ccccc3)cccc2-c2nn(CCNCCO)c3ccc(Cl)c1c23. The number of hydrogen-bond donors (Lipinski definition) is 2. The van der Waals surface area contributed by atoms with Gasteiger partial charge in [0, 0.05) is 24.0 Å². The van der Waals surface area contributed by atoms with Crippen molar-refractivity contribution in [2.45, 2.75) is 13.2 Å². The molecule has 0 fully saturated rings. The summed E-state index contributed by atoms with van der Waals surface area (Å²) in [5.74, 6) is 0.374. The zero-order valence-corrected chi connectivity index (χ0v) is 18.1. The van der Waals surface area contributed by atoms with Crippen LogP contribution in [0, 0.1) is 0 Å². The smallest absolute Gasteiger partial charge is 0.199 e. The van der Waals surface area contributed by atoms with Crippen molar-refractivity contribution in [3.05, 3.63) is 82.4 Å². The summed E-state index contributed by atoms with van der Waals surface area (Å²) in [5, 5.41) is 18.2. The van der Waals surface area contributed by atoms with Crippen LogP contribution in [0.5, 0.6) is 5.75 Å². The number of hydrogen-bond acceptors (Lipinski definition) is 5. The molecule has 0 amide bonds. The van der Waals surface area contributed by atoms with Gasteiger partial charge in [-0.2, -0.15) is 5.10 Å². The van der Waals surface area contributed by atoms with E-state index in [4.69, 9.17) is 26.5 Å². The monoisotopic (exact) mass is 447 g/mol. The molecule has 5 rings (SSSR count). The Morgan fingerprint density at radius 2 is 1.84 bits per heavy atom. The molecular formula is C25H22ClN3O3. The molecule has 0 aliphatic heterocycles. The molecule has 32 heavy (non-hydrogen) atoms. The summed E-state index contributed by atoms with van der Waals surface area (Å²) in [5.41, 5.74) is 4.33. The van der Waals surface area contributed by atoms with E-state index in [2.05, 4.69) is 5.32 Å². The van der Waals surface area contributed by atoms with Gasteiger partial charge in [0.15, 0.2) is 5.78 Å². The molecule has 3 aromatic carbocycles. The van der Waals surface area contributed by atoms with Gasteiger partial charge in [-0.3, -0.25) is 9.48 Å². The van der Waals surface area contributed by atoms with Crippen molar-refractivity contribution in [2.75, 3.05) is 19.7 Å². The van der Waals surface area contributed by atoms with Gasteiger partial charge in [-0.1, -0.05) is 54.1 Å². The van der Waals surface area contributed by atoms with E-state index < -0.39 is 0 Å². The van der Waals surface area contributed by atoms with Gasteiger partial charge in [0.25, 0.3) is 0 Å². The largest absolute Gasteiger partial charge is 0.488 e. The Labute approximate surface area is 190 Å². The third-order valence-electron chi connectivity index (χ3n) is 5.63. The first kappa shape index (κ1) is 20.7. The van der Waals surface area contributed by atoms with Gasteiger partial charge in [-0.25, -0.2) is 0 Å². The van der Waals surface area contributed by atoms with Crippen molar-refractivity contribution in [1.29, 1.82) is 0 Å². The number of nitrogens with one attached hydrogen (secondary N) is 1. The molecule has 1 aromatic heterocycles. The fourth-order valence-corrected chi connectivity index (χ4v) is 4.40. The van der Waals surface area contributed by atoms with Crippen LogP contribution >= 0.6 is 11.6 Å². The normalized spacial score (nSPS) is 12.2. The van der Waals surface area contributed by atoms with Crippen molar-refractivity contribution >= 4 is 28.3 Å². The van der Waals surface area contributed by atoms with Crippen LogP contribution in [0.1, 0.15) is 21.5 Å². The maximum atomic E-state index is 13.6. The minimum atomic E-state index is -0.148. The lowest BCUT2D eigenvalue weighted by Gasteiger charge is -2.19. The second kappa shape index (κ2) is 8.74. The molecule has 162 valence electrons. The molecule has 1 aliphatic carbocycles. The number of halogens is 1. The van der Waals surface area contributed by atoms with Crippen LogP contribution in [0.25, 0.3) is 22.2 Å². The Morgan fingerprint density at radius 3 is 2.66 bits per heavy atom.